The van der Waals surface area contributed by atoms with E-state index in [9.17, 15) is 4.79 Å². The molecular formula is C20H22N2O5S. The fourth-order valence-electron chi connectivity index (χ4n) is 2.75. The van der Waals surface area contributed by atoms with E-state index in [-0.39, 0.29) is 5.91 Å². The molecule has 3 rings (SSSR count). The number of benzene rings is 2. The molecule has 1 amide bonds. The van der Waals surface area contributed by atoms with Gasteiger partial charge in [-0.3, -0.25) is 4.79 Å². The lowest BCUT2D eigenvalue weighted by molar-refractivity contribution is 0.0996. The van der Waals surface area contributed by atoms with Gasteiger partial charge in [0, 0.05) is 25.3 Å². The van der Waals surface area contributed by atoms with Crippen molar-refractivity contribution in [1.29, 1.82) is 0 Å². The van der Waals surface area contributed by atoms with E-state index in [2.05, 4.69) is 4.99 Å². The summed E-state index contributed by atoms with van der Waals surface area (Å²) >= 11 is 1.42. The van der Waals surface area contributed by atoms with Crippen molar-refractivity contribution in [2.45, 2.75) is 6.54 Å². The van der Waals surface area contributed by atoms with Crippen molar-refractivity contribution >= 4 is 27.5 Å². The maximum absolute atomic E-state index is 12.8. The van der Waals surface area contributed by atoms with Crippen molar-refractivity contribution in [3.63, 3.8) is 0 Å². The molecule has 1 heterocycles. The lowest BCUT2D eigenvalue weighted by Gasteiger charge is -2.06. The van der Waals surface area contributed by atoms with Crippen LogP contribution in [0.15, 0.2) is 41.4 Å². The van der Waals surface area contributed by atoms with E-state index in [1.807, 2.05) is 22.8 Å². The predicted octanol–water partition coefficient (Wildman–Crippen LogP) is 3.12. The average Bonchev–Trinajstić information content (AvgIpc) is 3.07. The summed E-state index contributed by atoms with van der Waals surface area (Å²) in [5.41, 5.74) is 1.36. The Bertz CT molecular complexity index is 1030. The van der Waals surface area contributed by atoms with Gasteiger partial charge in [-0.15, -0.1) is 0 Å². The summed E-state index contributed by atoms with van der Waals surface area (Å²) < 4.78 is 23.9. The Labute approximate surface area is 166 Å². The second-order valence-corrected chi connectivity index (χ2v) is 6.89. The van der Waals surface area contributed by atoms with E-state index < -0.39 is 0 Å². The highest BCUT2D eigenvalue weighted by atomic mass is 32.1. The molecule has 1 aromatic heterocycles. The summed E-state index contributed by atoms with van der Waals surface area (Å²) in [6.07, 6.45) is 0. The van der Waals surface area contributed by atoms with Gasteiger partial charge in [-0.2, -0.15) is 4.99 Å². The molecule has 0 saturated heterocycles. The Balaban J connectivity index is 2.10. The lowest BCUT2D eigenvalue weighted by atomic mass is 10.2. The SMILES string of the molecule is COCCn1c(=NC(=O)c2cc(OC)cc(OC)c2)sc2cc(OC)ccc21. The van der Waals surface area contributed by atoms with Gasteiger partial charge >= 0.3 is 0 Å². The fraction of sp³-hybridized carbons (Fsp3) is 0.300. The first-order valence-electron chi connectivity index (χ1n) is 8.58. The maximum atomic E-state index is 12.8. The predicted molar refractivity (Wildman–Crippen MR) is 108 cm³/mol. The van der Waals surface area contributed by atoms with Gasteiger partial charge in [-0.25, -0.2) is 0 Å². The van der Waals surface area contributed by atoms with Crippen LogP contribution >= 0.6 is 11.3 Å². The summed E-state index contributed by atoms with van der Waals surface area (Å²) in [5, 5.41) is 0. The van der Waals surface area contributed by atoms with Crippen LogP contribution in [-0.2, 0) is 11.3 Å². The van der Waals surface area contributed by atoms with Crippen molar-refractivity contribution in [3.8, 4) is 17.2 Å². The van der Waals surface area contributed by atoms with Crippen molar-refractivity contribution in [2.24, 2.45) is 4.99 Å². The molecule has 0 N–H and O–H groups in total. The second-order valence-electron chi connectivity index (χ2n) is 5.88. The minimum atomic E-state index is -0.373. The Morgan fingerprint density at radius 1 is 0.964 bits per heavy atom. The number of hydrogen-bond donors (Lipinski definition) is 0. The number of methoxy groups -OCH3 is 4. The van der Waals surface area contributed by atoms with Gasteiger partial charge in [0.25, 0.3) is 5.91 Å². The number of nitrogens with zero attached hydrogens (tertiary/aromatic N) is 2. The number of amides is 1. The van der Waals surface area contributed by atoms with E-state index in [4.69, 9.17) is 18.9 Å². The van der Waals surface area contributed by atoms with E-state index in [0.29, 0.717) is 35.0 Å². The minimum Gasteiger partial charge on any atom is -0.497 e. The van der Waals surface area contributed by atoms with Crippen LogP contribution in [0.25, 0.3) is 10.2 Å². The molecule has 7 nitrogen and oxygen atoms in total. The average molecular weight is 402 g/mol. The number of aromatic nitrogens is 1. The molecule has 0 bridgehead atoms. The van der Waals surface area contributed by atoms with Crippen molar-refractivity contribution < 1.29 is 23.7 Å². The standard InChI is InChI=1S/C20H22N2O5S/c1-24-8-7-22-17-6-5-14(25-2)12-18(17)28-20(22)21-19(23)13-9-15(26-3)11-16(10-13)27-4/h5-6,9-12H,7-8H2,1-4H3. The van der Waals surface area contributed by atoms with E-state index >= 15 is 0 Å². The van der Waals surface area contributed by atoms with Gasteiger partial charge in [-0.1, -0.05) is 11.3 Å². The monoisotopic (exact) mass is 402 g/mol. The van der Waals surface area contributed by atoms with Crippen molar-refractivity contribution in [1.82, 2.24) is 4.57 Å². The highest BCUT2D eigenvalue weighted by Gasteiger charge is 2.12. The third kappa shape index (κ3) is 4.18. The first-order valence-corrected chi connectivity index (χ1v) is 9.39. The normalized spacial score (nSPS) is 11.6. The summed E-state index contributed by atoms with van der Waals surface area (Å²) in [5.74, 6) is 1.45. The minimum absolute atomic E-state index is 0.373. The second kappa shape index (κ2) is 8.90. The van der Waals surface area contributed by atoms with Crippen LogP contribution in [0.1, 0.15) is 10.4 Å². The summed E-state index contributed by atoms with van der Waals surface area (Å²) in [6, 6.07) is 10.8. The van der Waals surface area contributed by atoms with Gasteiger partial charge in [0.15, 0.2) is 4.80 Å². The lowest BCUT2D eigenvalue weighted by Crippen LogP contribution is -2.19. The molecule has 8 heteroatoms. The van der Waals surface area contributed by atoms with Crippen LogP contribution in [0.5, 0.6) is 17.2 Å². The van der Waals surface area contributed by atoms with Crippen LogP contribution in [-0.4, -0.2) is 45.5 Å². The molecule has 0 unspecified atom stereocenters. The van der Waals surface area contributed by atoms with Crippen LogP contribution < -0.4 is 19.0 Å². The molecule has 0 radical (unpaired) electrons. The molecule has 0 aliphatic rings. The highest BCUT2D eigenvalue weighted by molar-refractivity contribution is 7.16. The van der Waals surface area contributed by atoms with Crippen molar-refractivity contribution in [3.05, 3.63) is 46.8 Å². The quantitative estimate of drug-likeness (QED) is 0.607. The fourth-order valence-corrected chi connectivity index (χ4v) is 3.83. The number of thiazole rings is 1. The molecule has 0 atom stereocenters. The van der Waals surface area contributed by atoms with E-state index in [1.54, 1.807) is 32.4 Å². The first kappa shape index (κ1) is 19.9. The molecule has 0 spiro atoms. The Morgan fingerprint density at radius 2 is 1.64 bits per heavy atom. The molecule has 0 aliphatic carbocycles. The third-order valence-electron chi connectivity index (χ3n) is 4.20. The number of ether oxygens (including phenoxy) is 4. The molecule has 3 aromatic rings. The topological polar surface area (TPSA) is 71.3 Å². The van der Waals surface area contributed by atoms with Gasteiger partial charge in [0.2, 0.25) is 0 Å². The Hall–Kier alpha value is -2.84. The van der Waals surface area contributed by atoms with Crippen LogP contribution in [0.2, 0.25) is 0 Å². The zero-order valence-corrected chi connectivity index (χ0v) is 17.0. The summed E-state index contributed by atoms with van der Waals surface area (Å²) in [4.78, 5) is 17.8. The zero-order chi connectivity index (χ0) is 20.1. The molecule has 0 fully saturated rings. The summed E-state index contributed by atoms with van der Waals surface area (Å²) in [6.45, 7) is 1.09. The highest BCUT2D eigenvalue weighted by Crippen LogP contribution is 2.25. The first-order chi connectivity index (χ1) is 13.6. The van der Waals surface area contributed by atoms with Gasteiger partial charge < -0.3 is 23.5 Å². The largest absolute Gasteiger partial charge is 0.497 e. The van der Waals surface area contributed by atoms with E-state index in [0.717, 1.165) is 16.0 Å². The molecule has 2 aromatic carbocycles. The smallest absolute Gasteiger partial charge is 0.279 e. The zero-order valence-electron chi connectivity index (χ0n) is 16.2. The maximum Gasteiger partial charge on any atom is 0.279 e. The van der Waals surface area contributed by atoms with Crippen LogP contribution in [0.4, 0.5) is 0 Å². The molecular weight excluding hydrogens is 380 g/mol. The van der Waals surface area contributed by atoms with Crippen molar-refractivity contribution in [2.75, 3.05) is 35.0 Å². The molecule has 148 valence electrons. The number of carbonyl (C=O) groups excluding carboxylic acids is 1. The Kier molecular flexibility index (Phi) is 6.33. The molecule has 0 aliphatic heterocycles. The van der Waals surface area contributed by atoms with Gasteiger partial charge in [-0.05, 0) is 30.3 Å². The van der Waals surface area contributed by atoms with Gasteiger partial charge in [0.1, 0.15) is 17.2 Å². The molecule has 0 saturated carbocycles. The van der Waals surface area contributed by atoms with E-state index in [1.165, 1.54) is 25.6 Å². The third-order valence-corrected chi connectivity index (χ3v) is 5.25. The van der Waals surface area contributed by atoms with Crippen LogP contribution in [0, 0.1) is 0 Å². The molecule has 28 heavy (non-hydrogen) atoms. The van der Waals surface area contributed by atoms with Crippen LogP contribution in [0.3, 0.4) is 0 Å². The van der Waals surface area contributed by atoms with Gasteiger partial charge in [0.05, 0.1) is 38.2 Å². The number of hydrogen-bond acceptors (Lipinski definition) is 6. The number of carbonyl (C=O) groups is 1. The number of fused-ring (bicyclic) bond motifs is 1. The Morgan fingerprint density at radius 3 is 2.25 bits per heavy atom. The number of rotatable bonds is 7. The summed E-state index contributed by atoms with van der Waals surface area (Å²) in [7, 11) is 6.35.